The Morgan fingerprint density at radius 1 is 1.10 bits per heavy atom. The molecule has 1 saturated carbocycles. The molecular weight excluding hydrogens is 622 g/mol. The number of hydrogen-bond acceptors (Lipinski definition) is 10. The summed E-state index contributed by atoms with van der Waals surface area (Å²) in [5.74, 6) is -1.66. The first-order valence-corrected chi connectivity index (χ1v) is 16.0. The van der Waals surface area contributed by atoms with Gasteiger partial charge in [-0.25, -0.2) is 9.59 Å². The second kappa shape index (κ2) is 17.7. The predicted octanol–water partition coefficient (Wildman–Crippen LogP) is 5.52. The van der Waals surface area contributed by atoms with Gasteiger partial charge in [0.05, 0.1) is 30.2 Å². The quantitative estimate of drug-likeness (QED) is 0.127. The number of phenolic OH excluding ortho intramolecular Hbond substituents is 2. The lowest BCUT2D eigenvalue weighted by Gasteiger charge is -2.28. The van der Waals surface area contributed by atoms with Crippen LogP contribution in [0.5, 0.6) is 11.5 Å². The Morgan fingerprint density at radius 3 is 2.42 bits per heavy atom. The van der Waals surface area contributed by atoms with Crippen molar-refractivity contribution in [3.63, 3.8) is 0 Å². The number of nitrogens with one attached hydrogen (secondary N) is 2. The number of aliphatic hydroxyl groups excluding tert-OH is 1. The van der Waals surface area contributed by atoms with Crippen molar-refractivity contribution in [3.05, 3.63) is 52.7 Å². The molecule has 264 valence electrons. The molecule has 0 aromatic heterocycles. The normalized spacial score (nSPS) is 24.6. The van der Waals surface area contributed by atoms with E-state index in [1.165, 1.54) is 26.4 Å². The number of methoxy groups -OCH3 is 2. The van der Waals surface area contributed by atoms with Gasteiger partial charge in [-0.1, -0.05) is 49.6 Å². The number of carbonyl (C=O) groups is 3. The number of anilines is 2. The number of rotatable bonds is 6. The molecule has 13 nitrogen and oxygen atoms in total. The lowest BCUT2D eigenvalue weighted by molar-refractivity contribution is -0.112. The topological polar surface area (TPSA) is 199 Å². The van der Waals surface area contributed by atoms with Crippen LogP contribution in [0.3, 0.4) is 0 Å². The number of primary amides is 1. The van der Waals surface area contributed by atoms with Crippen molar-refractivity contribution in [1.29, 1.82) is 0 Å². The van der Waals surface area contributed by atoms with E-state index in [9.17, 15) is 29.7 Å². The van der Waals surface area contributed by atoms with Crippen LogP contribution in [-0.2, 0) is 23.7 Å². The average molecular weight is 672 g/mol. The lowest BCUT2D eigenvalue weighted by atomic mass is 9.91. The van der Waals surface area contributed by atoms with Crippen molar-refractivity contribution in [3.8, 4) is 11.5 Å². The maximum atomic E-state index is 13.1. The number of aromatic hydroxyl groups is 2. The number of benzene rings is 1. The minimum Gasteiger partial charge on any atom is -0.506 e. The number of carbonyl (C=O) groups excluding carboxylic acids is 3. The Morgan fingerprint density at radius 2 is 1.79 bits per heavy atom. The Kier molecular flexibility index (Phi) is 14.1. The molecular formula is C35H49N3O10. The highest BCUT2D eigenvalue weighted by Crippen LogP contribution is 2.42. The zero-order chi connectivity index (χ0) is 35.5. The molecule has 1 aliphatic carbocycles. The van der Waals surface area contributed by atoms with Gasteiger partial charge in [0.2, 0.25) is 0 Å². The largest absolute Gasteiger partial charge is 0.506 e. The van der Waals surface area contributed by atoms with Gasteiger partial charge in [0.15, 0.2) is 6.10 Å². The van der Waals surface area contributed by atoms with Crippen LogP contribution in [0.1, 0.15) is 65.4 Å². The minimum atomic E-state index is -1.04. The third kappa shape index (κ3) is 10.3. The lowest BCUT2D eigenvalue weighted by Crippen LogP contribution is -2.36. The number of ether oxygens (including phenoxy) is 4. The molecule has 3 amide bonds. The maximum Gasteiger partial charge on any atom is 0.411 e. The van der Waals surface area contributed by atoms with Gasteiger partial charge in [-0.15, -0.1) is 0 Å². The summed E-state index contributed by atoms with van der Waals surface area (Å²) in [5.41, 5.74) is 6.53. The second-order valence-corrected chi connectivity index (χ2v) is 12.4. The number of amides is 3. The first-order chi connectivity index (χ1) is 22.7. The zero-order valence-electron chi connectivity index (χ0n) is 28.4. The summed E-state index contributed by atoms with van der Waals surface area (Å²) in [7, 11) is 2.88. The van der Waals surface area contributed by atoms with Crippen molar-refractivity contribution < 1.29 is 48.7 Å². The van der Waals surface area contributed by atoms with E-state index in [-0.39, 0.29) is 41.5 Å². The van der Waals surface area contributed by atoms with Crippen LogP contribution in [0.15, 0.2) is 47.1 Å². The highest BCUT2D eigenvalue weighted by atomic mass is 16.6. The summed E-state index contributed by atoms with van der Waals surface area (Å²) >= 11 is 0. The van der Waals surface area contributed by atoms with Crippen molar-refractivity contribution >= 4 is 35.5 Å². The molecule has 1 fully saturated rings. The summed E-state index contributed by atoms with van der Waals surface area (Å²) in [6, 6.07) is 1.13. The van der Waals surface area contributed by atoms with Crippen molar-refractivity contribution in [2.45, 2.75) is 84.2 Å². The van der Waals surface area contributed by atoms with E-state index in [0.29, 0.717) is 11.1 Å². The molecule has 48 heavy (non-hydrogen) atoms. The first kappa shape index (κ1) is 38.1. The van der Waals surface area contributed by atoms with E-state index < -0.39 is 59.9 Å². The molecule has 1 aromatic carbocycles. The van der Waals surface area contributed by atoms with Crippen LogP contribution < -0.4 is 16.4 Å². The average Bonchev–Trinajstić information content (AvgIpc) is 3.56. The number of phenols is 2. The van der Waals surface area contributed by atoms with E-state index in [0.717, 1.165) is 31.7 Å². The standard InChI is InChI=1S/C35H49N3O10/c1-19-14-24-29(38-35(44)47-18-23-11-7-8-12-23)26(39)17-25(31(24)41)37-33(42)20(2)10-9-13-27(45-5)32(48-34(36)43)22(4)16-21(3)30(40)28(15-19)46-6/h9-10,13-14,16-17,21,23,27-28,30,32,39-41H,7-8,11-12,15,18H2,1-6H3,(H2,36,43)(H,37,42)(H,38,44)/t21-,27-,28-,30+,32-/m0/s1. The molecule has 0 unspecified atom stereocenters. The molecule has 0 radical (unpaired) electrons. The van der Waals surface area contributed by atoms with Gasteiger partial charge < -0.3 is 45.3 Å². The van der Waals surface area contributed by atoms with Gasteiger partial charge in [-0.2, -0.15) is 0 Å². The summed E-state index contributed by atoms with van der Waals surface area (Å²) in [6.45, 7) is 7.00. The third-order valence-electron chi connectivity index (χ3n) is 8.65. The van der Waals surface area contributed by atoms with Gasteiger partial charge in [-0.05, 0) is 57.6 Å². The van der Waals surface area contributed by atoms with Crippen molar-refractivity contribution in [2.75, 3.05) is 31.5 Å². The molecule has 0 spiro atoms. The maximum absolute atomic E-state index is 13.1. The number of hydrogen-bond donors (Lipinski definition) is 6. The minimum absolute atomic E-state index is 0.0163. The Balaban J connectivity index is 2.09. The van der Waals surface area contributed by atoms with Crippen LogP contribution in [-0.4, -0.2) is 78.7 Å². The van der Waals surface area contributed by atoms with Crippen LogP contribution >= 0.6 is 0 Å². The van der Waals surface area contributed by atoms with E-state index >= 15 is 0 Å². The molecule has 3 rings (SSSR count). The Bertz CT molecular complexity index is 1440. The molecule has 2 bridgehead atoms. The fraction of sp³-hybridized carbons (Fsp3) is 0.514. The number of fused-ring (bicyclic) bond motifs is 2. The van der Waals surface area contributed by atoms with Gasteiger partial charge in [0, 0.05) is 37.3 Å². The summed E-state index contributed by atoms with van der Waals surface area (Å²) in [5, 5.41) is 38.9. The molecule has 1 aromatic rings. The molecule has 2 aliphatic rings. The predicted molar refractivity (Wildman–Crippen MR) is 181 cm³/mol. The molecule has 5 atom stereocenters. The van der Waals surface area contributed by atoms with Crippen LogP contribution in [0.25, 0.3) is 6.08 Å². The van der Waals surface area contributed by atoms with E-state index in [1.807, 2.05) is 0 Å². The molecule has 7 N–H and O–H groups in total. The monoisotopic (exact) mass is 671 g/mol. The fourth-order valence-corrected chi connectivity index (χ4v) is 5.92. The van der Waals surface area contributed by atoms with E-state index in [2.05, 4.69) is 10.6 Å². The van der Waals surface area contributed by atoms with Crippen molar-refractivity contribution in [1.82, 2.24) is 0 Å². The Labute approximate surface area is 281 Å². The highest BCUT2D eigenvalue weighted by molar-refractivity contribution is 6.06. The fourth-order valence-electron chi connectivity index (χ4n) is 5.92. The number of allylic oxidation sites excluding steroid dienone is 2. The van der Waals surface area contributed by atoms with Crippen LogP contribution in [0, 0.1) is 11.8 Å². The second-order valence-electron chi connectivity index (χ2n) is 12.4. The molecule has 13 heteroatoms. The van der Waals surface area contributed by atoms with Gasteiger partial charge in [-0.3, -0.25) is 10.1 Å². The summed E-state index contributed by atoms with van der Waals surface area (Å²) < 4.78 is 22.0. The van der Waals surface area contributed by atoms with Gasteiger partial charge in [0.25, 0.3) is 5.91 Å². The third-order valence-corrected chi connectivity index (χ3v) is 8.65. The zero-order valence-corrected chi connectivity index (χ0v) is 28.4. The Hall–Kier alpha value is -4.33. The van der Waals surface area contributed by atoms with Crippen LogP contribution in [0.4, 0.5) is 21.0 Å². The number of aliphatic hydroxyl groups is 1. The highest BCUT2D eigenvalue weighted by Gasteiger charge is 2.29. The molecule has 1 heterocycles. The van der Waals surface area contributed by atoms with Gasteiger partial charge in [0.1, 0.15) is 17.6 Å². The van der Waals surface area contributed by atoms with Crippen molar-refractivity contribution in [2.24, 2.45) is 17.6 Å². The summed E-state index contributed by atoms with van der Waals surface area (Å²) in [6.07, 6.45) is 6.82. The van der Waals surface area contributed by atoms with Gasteiger partial charge >= 0.3 is 12.2 Å². The summed E-state index contributed by atoms with van der Waals surface area (Å²) in [4.78, 5) is 37.7. The smallest absolute Gasteiger partial charge is 0.411 e. The number of nitrogens with two attached hydrogens (primary N) is 1. The van der Waals surface area contributed by atoms with E-state index in [4.69, 9.17) is 24.7 Å². The first-order valence-electron chi connectivity index (χ1n) is 16.0. The van der Waals surface area contributed by atoms with E-state index in [1.54, 1.807) is 45.9 Å². The SMILES string of the molecule is CO[C@H]1C=CC=C(C)C(=O)Nc2cc(O)c(NC(=O)OCC3CCCC3)c(c2O)C=C(C)C[C@H](OC)[C@H](O)[C@@H](C)C=C(C)[C@@H]1OC(N)=O. The van der Waals surface area contributed by atoms with Crippen LogP contribution in [0.2, 0.25) is 0 Å². The molecule has 1 aliphatic heterocycles. The molecule has 0 saturated heterocycles.